The molecular formula is C14H26N2O4. The first kappa shape index (κ1) is 15.5. The third-order valence-electron chi connectivity index (χ3n) is 4.34. The molecule has 0 radical (unpaired) electrons. The van der Waals surface area contributed by atoms with Crippen LogP contribution in [0.3, 0.4) is 0 Å². The molecule has 2 rings (SSSR count). The van der Waals surface area contributed by atoms with Gasteiger partial charge in [0.2, 0.25) is 0 Å². The Hall–Kier alpha value is -0.850. The molecule has 2 fully saturated rings. The number of ether oxygens (including phenoxy) is 2. The number of nitrogens with two attached hydrogens (primary N) is 1. The standard InChI is InChI=1S/C14H26N2O4/c1-2-19-14(18)20-10-6-8-16(9-7-10)12-5-3-4-11(15)13(12)17/h10-13,17H,2-9,15H2,1H3. The second-order valence-corrected chi connectivity index (χ2v) is 5.69. The first-order valence-corrected chi connectivity index (χ1v) is 7.63. The van der Waals surface area contributed by atoms with E-state index in [4.69, 9.17) is 15.2 Å². The number of piperidine rings is 1. The van der Waals surface area contributed by atoms with Gasteiger partial charge in [-0.2, -0.15) is 0 Å². The van der Waals surface area contributed by atoms with Crippen LogP contribution in [-0.2, 0) is 9.47 Å². The minimum atomic E-state index is -0.578. The van der Waals surface area contributed by atoms with Crippen molar-refractivity contribution >= 4 is 6.16 Å². The summed E-state index contributed by atoms with van der Waals surface area (Å²) in [6.07, 6.45) is 3.46. The van der Waals surface area contributed by atoms with E-state index >= 15 is 0 Å². The SMILES string of the molecule is CCOC(=O)OC1CCN(C2CCCC(N)C2O)CC1. The smallest absolute Gasteiger partial charge is 0.435 e. The monoisotopic (exact) mass is 286 g/mol. The third-order valence-corrected chi connectivity index (χ3v) is 4.34. The zero-order valence-electron chi connectivity index (χ0n) is 12.2. The van der Waals surface area contributed by atoms with E-state index in [9.17, 15) is 9.90 Å². The van der Waals surface area contributed by atoms with Gasteiger partial charge in [-0.05, 0) is 32.6 Å². The highest BCUT2D eigenvalue weighted by Crippen LogP contribution is 2.26. The molecule has 2 aliphatic rings. The summed E-state index contributed by atoms with van der Waals surface area (Å²) in [6.45, 7) is 3.76. The fraction of sp³-hybridized carbons (Fsp3) is 0.929. The molecular weight excluding hydrogens is 260 g/mol. The van der Waals surface area contributed by atoms with E-state index < -0.39 is 12.3 Å². The summed E-state index contributed by atoms with van der Waals surface area (Å²) < 4.78 is 10.0. The molecule has 0 aromatic rings. The number of carbonyl (C=O) groups excluding carboxylic acids is 1. The summed E-state index contributed by atoms with van der Waals surface area (Å²) in [7, 11) is 0. The fourth-order valence-electron chi connectivity index (χ4n) is 3.20. The normalized spacial score (nSPS) is 32.9. The van der Waals surface area contributed by atoms with Crippen LogP contribution in [0, 0.1) is 0 Å². The summed E-state index contributed by atoms with van der Waals surface area (Å²) in [5, 5.41) is 10.2. The van der Waals surface area contributed by atoms with E-state index in [-0.39, 0.29) is 18.2 Å². The average molecular weight is 286 g/mol. The summed E-state index contributed by atoms with van der Waals surface area (Å²) in [6, 6.07) is 0.0459. The molecule has 0 spiro atoms. The average Bonchev–Trinajstić information content (AvgIpc) is 2.43. The highest BCUT2D eigenvalue weighted by atomic mass is 16.7. The van der Waals surface area contributed by atoms with Crippen LogP contribution in [0.2, 0.25) is 0 Å². The minimum absolute atomic E-state index is 0.0697. The van der Waals surface area contributed by atoms with Gasteiger partial charge in [-0.15, -0.1) is 0 Å². The lowest BCUT2D eigenvalue weighted by Crippen LogP contribution is -2.56. The van der Waals surface area contributed by atoms with Crippen molar-refractivity contribution in [1.29, 1.82) is 0 Å². The first-order chi connectivity index (χ1) is 9.61. The Morgan fingerprint density at radius 3 is 2.65 bits per heavy atom. The molecule has 1 saturated heterocycles. The Kier molecular flexibility index (Phi) is 5.63. The van der Waals surface area contributed by atoms with Crippen molar-refractivity contribution in [1.82, 2.24) is 4.90 Å². The van der Waals surface area contributed by atoms with Crippen molar-refractivity contribution in [3.63, 3.8) is 0 Å². The van der Waals surface area contributed by atoms with Gasteiger partial charge in [0.15, 0.2) is 0 Å². The maximum Gasteiger partial charge on any atom is 0.508 e. The Morgan fingerprint density at radius 1 is 1.30 bits per heavy atom. The molecule has 6 nitrogen and oxygen atoms in total. The molecule has 3 N–H and O–H groups in total. The van der Waals surface area contributed by atoms with Crippen molar-refractivity contribution in [3.8, 4) is 0 Å². The lowest BCUT2D eigenvalue weighted by atomic mass is 9.86. The number of aliphatic hydroxyl groups is 1. The van der Waals surface area contributed by atoms with Crippen LogP contribution in [0.5, 0.6) is 0 Å². The van der Waals surface area contributed by atoms with E-state index in [1.54, 1.807) is 6.92 Å². The molecule has 1 aliphatic carbocycles. The van der Waals surface area contributed by atoms with Gasteiger partial charge in [0.1, 0.15) is 6.10 Å². The molecule has 1 aliphatic heterocycles. The molecule has 6 heteroatoms. The van der Waals surface area contributed by atoms with E-state index in [1.165, 1.54) is 0 Å². The quantitative estimate of drug-likeness (QED) is 0.749. The van der Waals surface area contributed by atoms with Crippen LogP contribution in [0.1, 0.15) is 39.0 Å². The topological polar surface area (TPSA) is 85.0 Å². The Balaban J connectivity index is 1.77. The maximum absolute atomic E-state index is 11.3. The lowest BCUT2D eigenvalue weighted by molar-refractivity contribution is -0.0354. The molecule has 1 saturated carbocycles. The molecule has 0 aromatic heterocycles. The summed E-state index contributed by atoms with van der Waals surface area (Å²) in [5.41, 5.74) is 5.94. The van der Waals surface area contributed by atoms with Crippen LogP contribution in [-0.4, -0.2) is 60.1 Å². The van der Waals surface area contributed by atoms with E-state index in [0.717, 1.165) is 45.2 Å². The number of nitrogens with zero attached hydrogens (tertiary/aromatic N) is 1. The van der Waals surface area contributed by atoms with Crippen LogP contribution in [0.15, 0.2) is 0 Å². The Morgan fingerprint density at radius 2 is 2.00 bits per heavy atom. The number of aliphatic hydroxyl groups excluding tert-OH is 1. The maximum atomic E-state index is 11.3. The van der Waals surface area contributed by atoms with Crippen molar-refractivity contribution in [2.24, 2.45) is 5.73 Å². The largest absolute Gasteiger partial charge is 0.508 e. The van der Waals surface area contributed by atoms with Gasteiger partial charge >= 0.3 is 6.16 Å². The van der Waals surface area contributed by atoms with Gasteiger partial charge < -0.3 is 20.3 Å². The van der Waals surface area contributed by atoms with Crippen LogP contribution in [0.4, 0.5) is 4.79 Å². The van der Waals surface area contributed by atoms with Gasteiger partial charge in [-0.3, -0.25) is 4.90 Å². The van der Waals surface area contributed by atoms with Crippen molar-refractivity contribution in [3.05, 3.63) is 0 Å². The molecule has 116 valence electrons. The van der Waals surface area contributed by atoms with E-state index in [0.29, 0.717) is 6.61 Å². The van der Waals surface area contributed by atoms with Crippen LogP contribution >= 0.6 is 0 Å². The van der Waals surface area contributed by atoms with Crippen molar-refractivity contribution in [2.75, 3.05) is 19.7 Å². The van der Waals surface area contributed by atoms with Crippen molar-refractivity contribution < 1.29 is 19.4 Å². The predicted molar refractivity (Wildman–Crippen MR) is 74.3 cm³/mol. The number of rotatable bonds is 3. The molecule has 0 amide bonds. The number of carbonyl (C=O) groups is 1. The van der Waals surface area contributed by atoms with Crippen molar-refractivity contribution in [2.45, 2.75) is 63.3 Å². The molecule has 1 heterocycles. The van der Waals surface area contributed by atoms with Gasteiger partial charge in [0.25, 0.3) is 0 Å². The summed E-state index contributed by atoms with van der Waals surface area (Å²) >= 11 is 0. The first-order valence-electron chi connectivity index (χ1n) is 7.63. The Bertz CT molecular complexity index is 318. The van der Waals surface area contributed by atoms with E-state index in [2.05, 4.69) is 4.90 Å². The van der Waals surface area contributed by atoms with Gasteiger partial charge in [-0.1, -0.05) is 6.42 Å². The minimum Gasteiger partial charge on any atom is -0.435 e. The molecule has 20 heavy (non-hydrogen) atoms. The van der Waals surface area contributed by atoms with E-state index in [1.807, 2.05) is 0 Å². The third kappa shape index (κ3) is 3.84. The number of hydrogen-bond donors (Lipinski definition) is 2. The summed E-state index contributed by atoms with van der Waals surface area (Å²) in [4.78, 5) is 13.6. The van der Waals surface area contributed by atoms with Gasteiger partial charge in [0, 0.05) is 25.2 Å². The molecule has 3 unspecified atom stereocenters. The van der Waals surface area contributed by atoms with Crippen LogP contribution in [0.25, 0.3) is 0 Å². The highest BCUT2D eigenvalue weighted by molar-refractivity contribution is 5.60. The fourth-order valence-corrected chi connectivity index (χ4v) is 3.20. The predicted octanol–water partition coefficient (Wildman–Crippen LogP) is 0.865. The molecule has 3 atom stereocenters. The van der Waals surface area contributed by atoms with Gasteiger partial charge in [-0.25, -0.2) is 4.79 Å². The zero-order chi connectivity index (χ0) is 14.5. The zero-order valence-corrected chi connectivity index (χ0v) is 12.2. The van der Waals surface area contributed by atoms with Gasteiger partial charge in [0.05, 0.1) is 12.7 Å². The molecule has 0 aromatic carbocycles. The second kappa shape index (κ2) is 7.24. The highest BCUT2D eigenvalue weighted by Gasteiger charge is 2.35. The van der Waals surface area contributed by atoms with Crippen LogP contribution < -0.4 is 5.73 Å². The Labute approximate surface area is 120 Å². The second-order valence-electron chi connectivity index (χ2n) is 5.69. The number of likely N-dealkylation sites (tertiary alicyclic amines) is 1. The lowest BCUT2D eigenvalue weighted by Gasteiger charge is -2.43. The molecule has 0 bridgehead atoms. The summed E-state index contributed by atoms with van der Waals surface area (Å²) in [5.74, 6) is 0. The number of hydrogen-bond acceptors (Lipinski definition) is 6.